The number of nitrogens with one attached hydrogen (secondary N) is 2. The number of carbonyl (C=O) groups is 1. The fourth-order valence-corrected chi connectivity index (χ4v) is 3.36. The largest absolute Gasteiger partial charge is 0.357 e. The van der Waals surface area contributed by atoms with E-state index in [1.165, 1.54) is 5.56 Å². The molecule has 1 aliphatic rings. The topological polar surface area (TPSA) is 56.7 Å². The van der Waals surface area contributed by atoms with Crippen LogP contribution in [0.2, 0.25) is 0 Å². The van der Waals surface area contributed by atoms with Crippen LogP contribution in [0.25, 0.3) is 0 Å². The minimum atomic E-state index is 0. The second-order valence-corrected chi connectivity index (χ2v) is 7.20. The zero-order valence-corrected chi connectivity index (χ0v) is 19.6. The average molecular weight is 506 g/mol. The lowest BCUT2D eigenvalue weighted by atomic mass is 10.0. The van der Waals surface area contributed by atoms with E-state index >= 15 is 0 Å². The van der Waals surface area contributed by atoms with Gasteiger partial charge in [0.05, 0.1) is 6.54 Å². The minimum absolute atomic E-state index is 0. The van der Waals surface area contributed by atoms with Crippen LogP contribution < -0.4 is 15.5 Å². The minimum Gasteiger partial charge on any atom is -0.357 e. The molecule has 0 saturated carbocycles. The fraction of sp³-hybridized carbons (Fsp3) is 0.391. The molecular formula is C23H31IN4O. The van der Waals surface area contributed by atoms with Gasteiger partial charge < -0.3 is 15.5 Å². The standard InChI is InChI=1S/C23H30N4O.HI/c1-3-24-23(25-16-18(2)20-8-5-4-6-9-20)26-17-19-11-13-21(14-12-19)27-15-7-10-22(27)28;/h4-6,8-9,11-14,18H,3,7,10,15-17H2,1-2H3,(H2,24,25,26);1H. The van der Waals surface area contributed by atoms with Crippen LogP contribution in [-0.4, -0.2) is 31.5 Å². The molecule has 2 aromatic rings. The van der Waals surface area contributed by atoms with E-state index in [1.807, 2.05) is 23.1 Å². The number of guanidine groups is 1. The van der Waals surface area contributed by atoms with Crippen molar-refractivity contribution in [2.24, 2.45) is 4.99 Å². The molecule has 3 rings (SSSR count). The van der Waals surface area contributed by atoms with E-state index in [2.05, 4.69) is 60.9 Å². The molecule has 1 unspecified atom stereocenters. The lowest BCUT2D eigenvalue weighted by Crippen LogP contribution is -2.39. The van der Waals surface area contributed by atoms with E-state index in [0.717, 1.165) is 43.3 Å². The molecule has 29 heavy (non-hydrogen) atoms. The highest BCUT2D eigenvalue weighted by molar-refractivity contribution is 14.0. The van der Waals surface area contributed by atoms with Crippen LogP contribution in [0, 0.1) is 0 Å². The maximum absolute atomic E-state index is 11.9. The molecule has 0 aliphatic carbocycles. The van der Waals surface area contributed by atoms with Crippen LogP contribution in [0.3, 0.4) is 0 Å². The molecule has 1 fully saturated rings. The van der Waals surface area contributed by atoms with Crippen LogP contribution in [0.15, 0.2) is 59.6 Å². The third-order valence-corrected chi connectivity index (χ3v) is 5.03. The van der Waals surface area contributed by atoms with Gasteiger partial charge in [0.25, 0.3) is 0 Å². The van der Waals surface area contributed by atoms with Crippen molar-refractivity contribution in [3.05, 3.63) is 65.7 Å². The van der Waals surface area contributed by atoms with Gasteiger partial charge in [0.2, 0.25) is 5.91 Å². The number of nitrogens with zero attached hydrogens (tertiary/aromatic N) is 2. The normalized spacial score (nSPS) is 15.0. The zero-order chi connectivity index (χ0) is 19.8. The molecule has 0 bridgehead atoms. The van der Waals surface area contributed by atoms with Crippen molar-refractivity contribution in [2.75, 3.05) is 24.5 Å². The summed E-state index contributed by atoms with van der Waals surface area (Å²) in [5.74, 6) is 1.45. The highest BCUT2D eigenvalue weighted by atomic mass is 127. The van der Waals surface area contributed by atoms with E-state index in [0.29, 0.717) is 18.9 Å². The lowest BCUT2D eigenvalue weighted by Gasteiger charge is -2.17. The first-order valence-corrected chi connectivity index (χ1v) is 10.1. The van der Waals surface area contributed by atoms with E-state index in [1.54, 1.807) is 0 Å². The number of carbonyl (C=O) groups excluding carboxylic acids is 1. The third-order valence-electron chi connectivity index (χ3n) is 5.03. The molecule has 1 amide bonds. The molecular weight excluding hydrogens is 475 g/mol. The van der Waals surface area contributed by atoms with Gasteiger partial charge >= 0.3 is 0 Å². The first-order chi connectivity index (χ1) is 13.7. The van der Waals surface area contributed by atoms with Gasteiger partial charge in [-0.25, -0.2) is 4.99 Å². The maximum atomic E-state index is 11.9. The molecule has 1 heterocycles. The molecule has 5 nitrogen and oxygen atoms in total. The van der Waals surface area contributed by atoms with Crippen molar-refractivity contribution < 1.29 is 4.79 Å². The summed E-state index contributed by atoms with van der Waals surface area (Å²) in [6, 6.07) is 18.7. The highest BCUT2D eigenvalue weighted by Crippen LogP contribution is 2.21. The molecule has 1 aliphatic heterocycles. The van der Waals surface area contributed by atoms with Crippen LogP contribution in [0.4, 0.5) is 5.69 Å². The quantitative estimate of drug-likeness (QED) is 0.335. The number of rotatable bonds is 7. The van der Waals surface area contributed by atoms with Crippen LogP contribution in [0.1, 0.15) is 43.7 Å². The van der Waals surface area contributed by atoms with Crippen LogP contribution in [0.5, 0.6) is 0 Å². The fourth-order valence-electron chi connectivity index (χ4n) is 3.36. The van der Waals surface area contributed by atoms with Gasteiger partial charge in [-0.3, -0.25) is 4.79 Å². The SMILES string of the molecule is CCNC(=NCc1ccc(N2CCCC2=O)cc1)NCC(C)c1ccccc1.I. The number of halogens is 1. The Labute approximate surface area is 191 Å². The van der Waals surface area contributed by atoms with E-state index < -0.39 is 0 Å². The summed E-state index contributed by atoms with van der Waals surface area (Å²) in [5.41, 5.74) is 3.43. The Morgan fingerprint density at radius 2 is 1.83 bits per heavy atom. The van der Waals surface area contributed by atoms with Gasteiger partial charge in [-0.2, -0.15) is 0 Å². The molecule has 0 aromatic heterocycles. The Hall–Kier alpha value is -2.09. The summed E-state index contributed by atoms with van der Waals surface area (Å²) in [6.07, 6.45) is 1.61. The predicted molar refractivity (Wildman–Crippen MR) is 131 cm³/mol. The molecule has 1 atom stereocenters. The van der Waals surface area contributed by atoms with Gasteiger partial charge in [-0.1, -0.05) is 49.4 Å². The van der Waals surface area contributed by atoms with Gasteiger partial charge in [0.15, 0.2) is 5.96 Å². The second-order valence-electron chi connectivity index (χ2n) is 7.20. The Morgan fingerprint density at radius 3 is 2.45 bits per heavy atom. The Kier molecular flexibility index (Phi) is 9.44. The zero-order valence-electron chi connectivity index (χ0n) is 17.2. The summed E-state index contributed by atoms with van der Waals surface area (Å²) < 4.78 is 0. The van der Waals surface area contributed by atoms with E-state index in [-0.39, 0.29) is 29.9 Å². The lowest BCUT2D eigenvalue weighted by molar-refractivity contribution is -0.117. The number of amides is 1. The van der Waals surface area contributed by atoms with Crippen molar-refractivity contribution in [2.45, 2.75) is 39.2 Å². The number of anilines is 1. The second kappa shape index (κ2) is 11.8. The van der Waals surface area contributed by atoms with Gasteiger partial charge in [-0.05, 0) is 42.5 Å². The van der Waals surface area contributed by atoms with E-state index in [9.17, 15) is 4.79 Å². The number of benzene rings is 2. The monoisotopic (exact) mass is 506 g/mol. The summed E-state index contributed by atoms with van der Waals surface area (Å²) in [5, 5.41) is 6.74. The molecule has 156 valence electrons. The molecule has 0 radical (unpaired) electrons. The molecule has 6 heteroatoms. The van der Waals surface area contributed by atoms with Crippen molar-refractivity contribution in [3.63, 3.8) is 0 Å². The van der Waals surface area contributed by atoms with Gasteiger partial charge in [-0.15, -0.1) is 24.0 Å². The Balaban J connectivity index is 0.00000300. The molecule has 2 N–H and O–H groups in total. The first kappa shape index (κ1) is 23.2. The molecule has 2 aromatic carbocycles. The molecule has 1 saturated heterocycles. The smallest absolute Gasteiger partial charge is 0.227 e. The average Bonchev–Trinajstić information content (AvgIpc) is 3.16. The summed E-state index contributed by atoms with van der Waals surface area (Å²) in [4.78, 5) is 18.4. The first-order valence-electron chi connectivity index (χ1n) is 10.1. The van der Waals surface area contributed by atoms with Crippen molar-refractivity contribution >= 4 is 41.5 Å². The summed E-state index contributed by atoms with van der Waals surface area (Å²) in [7, 11) is 0. The summed E-state index contributed by atoms with van der Waals surface area (Å²) in [6.45, 7) is 7.35. The number of hydrogen-bond donors (Lipinski definition) is 2. The van der Waals surface area contributed by atoms with Gasteiger partial charge in [0.1, 0.15) is 0 Å². The van der Waals surface area contributed by atoms with Crippen molar-refractivity contribution in [1.82, 2.24) is 10.6 Å². The van der Waals surface area contributed by atoms with E-state index in [4.69, 9.17) is 4.99 Å². The number of aliphatic imine (C=N–C) groups is 1. The van der Waals surface area contributed by atoms with Crippen molar-refractivity contribution in [3.8, 4) is 0 Å². The Bertz CT molecular complexity index is 792. The van der Waals surface area contributed by atoms with Gasteiger partial charge in [0, 0.05) is 31.7 Å². The summed E-state index contributed by atoms with van der Waals surface area (Å²) >= 11 is 0. The van der Waals surface area contributed by atoms with Crippen LogP contribution in [-0.2, 0) is 11.3 Å². The molecule has 0 spiro atoms. The van der Waals surface area contributed by atoms with Crippen LogP contribution >= 0.6 is 24.0 Å². The predicted octanol–water partition coefficient (Wildman–Crippen LogP) is 4.29. The Morgan fingerprint density at radius 1 is 1.10 bits per heavy atom. The maximum Gasteiger partial charge on any atom is 0.227 e. The number of hydrogen-bond acceptors (Lipinski definition) is 2. The van der Waals surface area contributed by atoms with Crippen molar-refractivity contribution in [1.29, 1.82) is 0 Å². The third kappa shape index (κ3) is 6.73. The highest BCUT2D eigenvalue weighted by Gasteiger charge is 2.21.